The van der Waals surface area contributed by atoms with Crippen LogP contribution in [-0.4, -0.2) is 12.2 Å². The summed E-state index contributed by atoms with van der Waals surface area (Å²) in [6.45, 7) is 7.36. The SMILES string of the molecule is C=C(C)C(=O)OC(N)CCCCCCCCC.Cl. The second kappa shape index (κ2) is 12.9. The van der Waals surface area contributed by atoms with Gasteiger partial charge in [0.05, 0.1) is 0 Å². The van der Waals surface area contributed by atoms with Crippen LogP contribution < -0.4 is 5.73 Å². The molecule has 0 saturated carbocycles. The van der Waals surface area contributed by atoms with E-state index in [0.717, 1.165) is 12.8 Å². The Balaban J connectivity index is 0. The fourth-order valence-corrected chi connectivity index (χ4v) is 1.60. The van der Waals surface area contributed by atoms with E-state index in [1.807, 2.05) is 0 Å². The Morgan fingerprint density at radius 2 is 1.67 bits per heavy atom. The number of hydrogen-bond donors (Lipinski definition) is 1. The molecule has 0 aromatic heterocycles. The fourth-order valence-electron chi connectivity index (χ4n) is 1.60. The van der Waals surface area contributed by atoms with Crippen LogP contribution in [0.15, 0.2) is 12.2 Å². The van der Waals surface area contributed by atoms with Crippen LogP contribution in [0.25, 0.3) is 0 Å². The minimum absolute atomic E-state index is 0. The predicted molar refractivity (Wildman–Crippen MR) is 78.7 cm³/mol. The van der Waals surface area contributed by atoms with Crippen molar-refractivity contribution in [1.82, 2.24) is 0 Å². The van der Waals surface area contributed by atoms with Gasteiger partial charge < -0.3 is 4.74 Å². The van der Waals surface area contributed by atoms with Crippen molar-refractivity contribution >= 4 is 18.4 Å². The molecule has 0 aliphatic rings. The summed E-state index contributed by atoms with van der Waals surface area (Å²) in [5.41, 5.74) is 6.09. The number of rotatable bonds is 10. The highest BCUT2D eigenvalue weighted by Gasteiger charge is 2.09. The molecule has 0 aliphatic carbocycles. The van der Waals surface area contributed by atoms with Crippen LogP contribution in [0.4, 0.5) is 0 Å². The Morgan fingerprint density at radius 1 is 1.17 bits per heavy atom. The smallest absolute Gasteiger partial charge is 0.334 e. The maximum atomic E-state index is 11.2. The van der Waals surface area contributed by atoms with Gasteiger partial charge in [0.15, 0.2) is 6.23 Å². The average Bonchev–Trinajstić information content (AvgIpc) is 2.27. The number of unbranched alkanes of at least 4 members (excludes halogenated alkanes) is 6. The van der Waals surface area contributed by atoms with Gasteiger partial charge in [0.25, 0.3) is 0 Å². The van der Waals surface area contributed by atoms with Crippen molar-refractivity contribution in [3.63, 3.8) is 0 Å². The van der Waals surface area contributed by atoms with Gasteiger partial charge in [0, 0.05) is 5.57 Å². The van der Waals surface area contributed by atoms with Gasteiger partial charge in [-0.2, -0.15) is 0 Å². The Hall–Kier alpha value is -0.540. The molecule has 0 aliphatic heterocycles. The van der Waals surface area contributed by atoms with Crippen LogP contribution >= 0.6 is 12.4 Å². The first kappa shape index (κ1) is 19.8. The van der Waals surface area contributed by atoms with Crippen LogP contribution in [0.5, 0.6) is 0 Å². The van der Waals surface area contributed by atoms with E-state index in [9.17, 15) is 4.79 Å². The highest BCUT2D eigenvalue weighted by molar-refractivity contribution is 5.87. The Kier molecular flexibility index (Phi) is 14.2. The predicted octanol–water partition coefficient (Wildman–Crippen LogP) is 3.95. The van der Waals surface area contributed by atoms with Gasteiger partial charge in [-0.25, -0.2) is 4.79 Å². The monoisotopic (exact) mass is 277 g/mol. The molecular weight excluding hydrogens is 250 g/mol. The molecule has 3 nitrogen and oxygen atoms in total. The molecule has 0 saturated heterocycles. The summed E-state index contributed by atoms with van der Waals surface area (Å²) in [5, 5.41) is 0. The first-order valence-corrected chi connectivity index (χ1v) is 6.70. The number of halogens is 1. The van der Waals surface area contributed by atoms with Crippen molar-refractivity contribution in [2.24, 2.45) is 5.73 Å². The van der Waals surface area contributed by atoms with E-state index >= 15 is 0 Å². The van der Waals surface area contributed by atoms with E-state index in [4.69, 9.17) is 10.5 Å². The van der Waals surface area contributed by atoms with Crippen molar-refractivity contribution < 1.29 is 9.53 Å². The van der Waals surface area contributed by atoms with Gasteiger partial charge in [-0.1, -0.05) is 52.0 Å². The lowest BCUT2D eigenvalue weighted by atomic mass is 10.1. The third-order valence-corrected chi connectivity index (χ3v) is 2.70. The van der Waals surface area contributed by atoms with Crippen molar-refractivity contribution in [2.45, 2.75) is 71.4 Å². The summed E-state index contributed by atoms with van der Waals surface area (Å²) in [5.74, 6) is -0.388. The van der Waals surface area contributed by atoms with Crippen LogP contribution in [0.3, 0.4) is 0 Å². The highest BCUT2D eigenvalue weighted by atomic mass is 35.5. The highest BCUT2D eigenvalue weighted by Crippen LogP contribution is 2.10. The minimum atomic E-state index is -0.477. The minimum Gasteiger partial charge on any atom is -0.443 e. The zero-order chi connectivity index (χ0) is 13.1. The van der Waals surface area contributed by atoms with Crippen LogP contribution in [0, 0.1) is 0 Å². The first-order valence-electron chi connectivity index (χ1n) is 6.70. The summed E-state index contributed by atoms with van der Waals surface area (Å²) in [6, 6.07) is 0. The van der Waals surface area contributed by atoms with Gasteiger partial charge in [-0.05, 0) is 19.8 Å². The van der Waals surface area contributed by atoms with Crippen LogP contribution in [0.1, 0.15) is 65.2 Å². The molecule has 1 atom stereocenters. The van der Waals surface area contributed by atoms with Crippen LogP contribution in [0.2, 0.25) is 0 Å². The van der Waals surface area contributed by atoms with Crippen molar-refractivity contribution in [2.75, 3.05) is 0 Å². The van der Waals surface area contributed by atoms with Gasteiger partial charge in [-0.3, -0.25) is 5.73 Å². The van der Waals surface area contributed by atoms with E-state index < -0.39 is 6.23 Å². The molecule has 108 valence electrons. The van der Waals surface area contributed by atoms with E-state index in [1.54, 1.807) is 6.92 Å². The van der Waals surface area contributed by atoms with Gasteiger partial charge in [0.2, 0.25) is 0 Å². The molecule has 0 radical (unpaired) electrons. The maximum absolute atomic E-state index is 11.2. The number of ether oxygens (including phenoxy) is 1. The summed E-state index contributed by atoms with van der Waals surface area (Å²) in [6.07, 6.45) is 8.95. The fraction of sp³-hybridized carbons (Fsp3) is 0.786. The topological polar surface area (TPSA) is 52.3 Å². The molecule has 0 heterocycles. The molecule has 0 rings (SSSR count). The van der Waals surface area contributed by atoms with Crippen molar-refractivity contribution in [1.29, 1.82) is 0 Å². The number of carbonyl (C=O) groups excluding carboxylic acids is 1. The second-order valence-electron chi connectivity index (χ2n) is 4.63. The molecule has 4 heteroatoms. The molecule has 0 aromatic carbocycles. The normalized spacial score (nSPS) is 11.5. The van der Waals surface area contributed by atoms with Gasteiger partial charge in [-0.15, -0.1) is 12.4 Å². The van der Waals surface area contributed by atoms with Gasteiger partial charge >= 0.3 is 5.97 Å². The van der Waals surface area contributed by atoms with E-state index in [1.165, 1.54) is 38.5 Å². The van der Waals surface area contributed by atoms with Crippen molar-refractivity contribution in [3.8, 4) is 0 Å². The average molecular weight is 278 g/mol. The summed E-state index contributed by atoms with van der Waals surface area (Å²) >= 11 is 0. The first-order chi connectivity index (χ1) is 8.07. The molecule has 2 N–H and O–H groups in total. The largest absolute Gasteiger partial charge is 0.443 e. The van der Waals surface area contributed by atoms with E-state index in [2.05, 4.69) is 13.5 Å². The number of hydrogen-bond acceptors (Lipinski definition) is 3. The van der Waals surface area contributed by atoms with Crippen LogP contribution in [-0.2, 0) is 9.53 Å². The summed E-state index contributed by atoms with van der Waals surface area (Å²) < 4.78 is 5.00. The van der Waals surface area contributed by atoms with E-state index in [-0.39, 0.29) is 18.4 Å². The zero-order valence-corrected chi connectivity index (χ0v) is 12.6. The molecule has 0 bridgehead atoms. The standard InChI is InChI=1S/C14H27NO2.ClH/c1-4-5-6-7-8-9-10-11-13(15)17-14(16)12(2)3;/h13H,2,4-11,15H2,1,3H3;1H. The Bertz CT molecular complexity index is 232. The van der Waals surface area contributed by atoms with Crippen molar-refractivity contribution in [3.05, 3.63) is 12.2 Å². The quantitative estimate of drug-likeness (QED) is 0.285. The third-order valence-electron chi connectivity index (χ3n) is 2.70. The molecule has 0 amide bonds. The molecule has 0 aromatic rings. The lowest BCUT2D eigenvalue weighted by molar-refractivity contribution is -0.144. The number of nitrogens with two attached hydrogens (primary N) is 1. The molecular formula is C14H28ClNO2. The zero-order valence-electron chi connectivity index (χ0n) is 11.7. The molecule has 0 fully saturated rings. The Labute approximate surface area is 118 Å². The number of carbonyl (C=O) groups is 1. The molecule has 0 spiro atoms. The summed E-state index contributed by atoms with van der Waals surface area (Å²) in [4.78, 5) is 11.2. The lowest BCUT2D eigenvalue weighted by Gasteiger charge is -2.12. The number of esters is 1. The Morgan fingerprint density at radius 3 is 2.17 bits per heavy atom. The third kappa shape index (κ3) is 11.9. The molecule has 18 heavy (non-hydrogen) atoms. The molecule has 1 unspecified atom stereocenters. The summed E-state index contributed by atoms with van der Waals surface area (Å²) in [7, 11) is 0. The lowest BCUT2D eigenvalue weighted by Crippen LogP contribution is -2.27. The van der Waals surface area contributed by atoms with E-state index in [0.29, 0.717) is 5.57 Å². The maximum Gasteiger partial charge on any atom is 0.334 e. The second-order valence-corrected chi connectivity index (χ2v) is 4.63. The van der Waals surface area contributed by atoms with Gasteiger partial charge in [0.1, 0.15) is 0 Å².